The van der Waals surface area contributed by atoms with Gasteiger partial charge < -0.3 is 15.0 Å². The van der Waals surface area contributed by atoms with Crippen LogP contribution in [0.3, 0.4) is 0 Å². The van der Waals surface area contributed by atoms with E-state index >= 15 is 0 Å². The predicted octanol–water partition coefficient (Wildman–Crippen LogP) is 3.98. The Morgan fingerprint density at radius 1 is 0.905 bits per heavy atom. The van der Waals surface area contributed by atoms with Crippen molar-refractivity contribution >= 4 is 45.9 Å². The van der Waals surface area contributed by atoms with Crippen LogP contribution in [-0.2, 0) is 19.1 Å². The summed E-state index contributed by atoms with van der Waals surface area (Å²) < 4.78 is 5.06. The Kier molecular flexibility index (Phi) is 7.38. The lowest BCUT2D eigenvalue weighted by Gasteiger charge is -2.20. The van der Waals surface area contributed by atoms with Gasteiger partial charge >= 0.3 is 5.97 Å². The van der Waals surface area contributed by atoms with Gasteiger partial charge in [-0.3, -0.25) is 28.8 Å². The second-order valence-electron chi connectivity index (χ2n) is 10.2. The highest BCUT2D eigenvalue weighted by Crippen LogP contribution is 2.32. The minimum Gasteiger partial charge on any atom is -0.465 e. The van der Waals surface area contributed by atoms with Crippen LogP contribution in [0.25, 0.3) is 11.0 Å². The molecule has 3 aromatic carbocycles. The predicted molar refractivity (Wildman–Crippen MR) is 154 cm³/mol. The summed E-state index contributed by atoms with van der Waals surface area (Å²) in [5, 5.41) is 2.61. The Labute approximate surface area is 240 Å². The number of ether oxygens (including phenoxy) is 1. The number of ketones is 3. The maximum Gasteiger partial charge on any atom is 0.323 e. The summed E-state index contributed by atoms with van der Waals surface area (Å²) >= 11 is 0. The molecule has 2 N–H and O–H groups in total. The number of aromatic amines is 1. The van der Waals surface area contributed by atoms with Crippen molar-refractivity contribution in [1.29, 1.82) is 0 Å². The number of aromatic nitrogens is 2. The molecule has 1 atom stereocenters. The third-order valence-corrected chi connectivity index (χ3v) is 7.23. The van der Waals surface area contributed by atoms with E-state index in [4.69, 9.17) is 4.74 Å². The number of amides is 1. The summed E-state index contributed by atoms with van der Waals surface area (Å²) in [6, 6.07) is 14.6. The molecule has 10 nitrogen and oxygen atoms in total. The maximum absolute atomic E-state index is 13.5. The van der Waals surface area contributed by atoms with Gasteiger partial charge in [-0.15, -0.1) is 0 Å². The molecule has 10 heteroatoms. The van der Waals surface area contributed by atoms with Gasteiger partial charge in [0.05, 0.1) is 23.2 Å². The Balaban J connectivity index is 1.60. The van der Waals surface area contributed by atoms with Crippen molar-refractivity contribution in [3.8, 4) is 0 Å². The lowest BCUT2D eigenvalue weighted by atomic mass is 9.83. The minimum absolute atomic E-state index is 0.0184. The first-order valence-corrected chi connectivity index (χ1v) is 13.4. The van der Waals surface area contributed by atoms with E-state index in [1.54, 1.807) is 31.2 Å². The second kappa shape index (κ2) is 11.0. The molecule has 0 aliphatic heterocycles. The van der Waals surface area contributed by atoms with E-state index in [0.29, 0.717) is 11.3 Å². The van der Waals surface area contributed by atoms with Crippen molar-refractivity contribution in [1.82, 2.24) is 9.97 Å². The normalized spacial score (nSPS) is 13.0. The van der Waals surface area contributed by atoms with Crippen LogP contribution in [0.15, 0.2) is 59.4 Å². The van der Waals surface area contributed by atoms with Crippen LogP contribution >= 0.6 is 0 Å². The number of nitrogens with zero attached hydrogens (tertiary/aromatic N) is 1. The van der Waals surface area contributed by atoms with E-state index in [-0.39, 0.29) is 51.6 Å². The fraction of sp³-hybridized carbons (Fsp3) is 0.219. The SMILES string of the molecule is CCOC(=O)[C@H](C(=O)C(=O)Nc1c(C)cccc1C(C)C)c1nc2ccc3c(c2[nH]c1=O)C(=O)c1ccccc1C3=O. The van der Waals surface area contributed by atoms with Crippen LogP contribution in [0, 0.1) is 6.92 Å². The average molecular weight is 566 g/mol. The van der Waals surface area contributed by atoms with Crippen LogP contribution in [0.4, 0.5) is 5.69 Å². The number of hydrogen-bond donors (Lipinski definition) is 2. The zero-order valence-corrected chi connectivity index (χ0v) is 23.4. The number of para-hydroxylation sites is 1. The minimum atomic E-state index is -1.97. The number of Topliss-reactive ketones (excluding diaryl/α,β-unsaturated/α-hetero) is 1. The lowest BCUT2D eigenvalue weighted by molar-refractivity contribution is -0.150. The first-order chi connectivity index (χ1) is 20.0. The Bertz CT molecular complexity index is 1890. The topological polar surface area (TPSA) is 152 Å². The number of anilines is 1. The Morgan fingerprint density at radius 2 is 1.60 bits per heavy atom. The van der Waals surface area contributed by atoms with Gasteiger partial charge in [-0.05, 0) is 43.0 Å². The van der Waals surface area contributed by atoms with Crippen molar-refractivity contribution in [2.45, 2.75) is 39.5 Å². The number of aryl methyl sites for hydroxylation is 1. The first kappa shape index (κ1) is 28.3. The van der Waals surface area contributed by atoms with Gasteiger partial charge in [-0.25, -0.2) is 4.98 Å². The molecule has 0 spiro atoms. The molecule has 0 radical (unpaired) electrons. The van der Waals surface area contributed by atoms with Gasteiger partial charge in [0.2, 0.25) is 5.78 Å². The Morgan fingerprint density at radius 3 is 2.26 bits per heavy atom. The van der Waals surface area contributed by atoms with Crippen molar-refractivity contribution in [2.75, 3.05) is 11.9 Å². The fourth-order valence-electron chi connectivity index (χ4n) is 5.17. The van der Waals surface area contributed by atoms with Crippen molar-refractivity contribution < 1.29 is 28.7 Å². The third kappa shape index (κ3) is 4.70. The van der Waals surface area contributed by atoms with E-state index in [1.165, 1.54) is 25.1 Å². The fourth-order valence-corrected chi connectivity index (χ4v) is 5.17. The number of benzene rings is 3. The molecule has 1 aliphatic rings. The molecule has 42 heavy (non-hydrogen) atoms. The number of esters is 1. The van der Waals surface area contributed by atoms with Gasteiger partial charge in [0.15, 0.2) is 17.5 Å². The second-order valence-corrected chi connectivity index (χ2v) is 10.2. The molecule has 4 aromatic rings. The molecular formula is C32H27N3O7. The van der Waals surface area contributed by atoms with Crippen LogP contribution in [0.5, 0.6) is 0 Å². The van der Waals surface area contributed by atoms with Crippen molar-refractivity contribution in [3.63, 3.8) is 0 Å². The van der Waals surface area contributed by atoms with Gasteiger partial charge in [0, 0.05) is 22.4 Å². The van der Waals surface area contributed by atoms with E-state index in [2.05, 4.69) is 15.3 Å². The summed E-state index contributed by atoms with van der Waals surface area (Å²) in [6.07, 6.45) is 0. The maximum atomic E-state index is 13.5. The van der Waals surface area contributed by atoms with E-state index in [9.17, 15) is 28.8 Å². The number of nitrogens with one attached hydrogen (secondary N) is 2. The van der Waals surface area contributed by atoms with Crippen LogP contribution in [0.2, 0.25) is 0 Å². The highest BCUT2D eigenvalue weighted by Gasteiger charge is 2.39. The molecule has 1 aliphatic carbocycles. The molecule has 1 heterocycles. The first-order valence-electron chi connectivity index (χ1n) is 13.4. The highest BCUT2D eigenvalue weighted by atomic mass is 16.5. The monoisotopic (exact) mass is 565 g/mol. The molecule has 1 aromatic heterocycles. The molecule has 0 unspecified atom stereocenters. The smallest absolute Gasteiger partial charge is 0.323 e. The number of carbonyl (C=O) groups is 5. The summed E-state index contributed by atoms with van der Waals surface area (Å²) in [5.74, 6) is -6.29. The zero-order valence-electron chi connectivity index (χ0n) is 23.4. The summed E-state index contributed by atoms with van der Waals surface area (Å²) in [4.78, 5) is 86.4. The standard InChI is InChI=1S/C32H27N3O7/c1-5-42-32(41)23(29(38)31(40)34-24-16(4)9-8-12-17(24)15(2)3)26-30(39)35-25-21(33-26)14-13-20-22(25)28(37)19-11-7-6-10-18(19)27(20)36/h6-15,23H,5H2,1-4H3,(H,34,40)(H,35,39)/t23-/m0/s1. The zero-order chi connectivity index (χ0) is 30.3. The largest absolute Gasteiger partial charge is 0.465 e. The van der Waals surface area contributed by atoms with Crippen LogP contribution < -0.4 is 10.9 Å². The lowest BCUT2D eigenvalue weighted by Crippen LogP contribution is -2.38. The van der Waals surface area contributed by atoms with Gasteiger partial charge in [0.1, 0.15) is 5.69 Å². The molecular weight excluding hydrogens is 538 g/mol. The summed E-state index contributed by atoms with van der Waals surface area (Å²) in [6.45, 7) is 7.04. The molecule has 0 saturated carbocycles. The van der Waals surface area contributed by atoms with E-state index < -0.39 is 40.6 Å². The quantitative estimate of drug-likeness (QED) is 0.171. The molecule has 0 bridgehead atoms. The summed E-state index contributed by atoms with van der Waals surface area (Å²) in [7, 11) is 0. The average Bonchev–Trinajstić information content (AvgIpc) is 2.96. The van der Waals surface area contributed by atoms with Crippen LogP contribution in [0.1, 0.15) is 81.3 Å². The van der Waals surface area contributed by atoms with E-state index in [0.717, 1.165) is 5.56 Å². The summed E-state index contributed by atoms with van der Waals surface area (Å²) in [5.41, 5.74) is 0.899. The van der Waals surface area contributed by atoms with Gasteiger partial charge in [-0.2, -0.15) is 0 Å². The van der Waals surface area contributed by atoms with Gasteiger partial charge in [0.25, 0.3) is 11.5 Å². The highest BCUT2D eigenvalue weighted by molar-refractivity contribution is 6.45. The van der Waals surface area contributed by atoms with Crippen molar-refractivity contribution in [2.24, 2.45) is 0 Å². The number of carbonyl (C=O) groups excluding carboxylic acids is 5. The van der Waals surface area contributed by atoms with Crippen molar-refractivity contribution in [3.05, 3.63) is 104 Å². The molecule has 5 rings (SSSR count). The Hall–Kier alpha value is -5.25. The molecule has 1 amide bonds. The third-order valence-electron chi connectivity index (χ3n) is 7.23. The van der Waals surface area contributed by atoms with Gasteiger partial charge in [-0.1, -0.05) is 56.3 Å². The molecule has 0 saturated heterocycles. The molecule has 212 valence electrons. The number of hydrogen-bond acceptors (Lipinski definition) is 8. The number of H-pyrrole nitrogens is 1. The van der Waals surface area contributed by atoms with E-state index in [1.807, 2.05) is 26.0 Å². The molecule has 0 fully saturated rings. The van der Waals surface area contributed by atoms with Crippen LogP contribution in [-0.4, -0.2) is 45.8 Å². The number of rotatable bonds is 7. The number of fused-ring (bicyclic) bond motifs is 4.